The molecule has 244 valence electrons. The first-order chi connectivity index (χ1) is 20.8. The van der Waals surface area contributed by atoms with Gasteiger partial charge in [-0.2, -0.15) is 0 Å². The van der Waals surface area contributed by atoms with Gasteiger partial charge in [0.15, 0.2) is 0 Å². The Morgan fingerprint density at radius 2 is 0.935 bits per heavy atom. The van der Waals surface area contributed by atoms with Crippen LogP contribution in [0.1, 0.15) is 128 Å². The molecule has 0 bridgehead atoms. The summed E-state index contributed by atoms with van der Waals surface area (Å²) in [7, 11) is 0. The first-order valence-corrected chi connectivity index (χ1v) is 15.9. The van der Waals surface area contributed by atoms with E-state index in [9.17, 15) is 0 Å². The zero-order valence-electron chi connectivity index (χ0n) is 29.4. The number of rotatable bonds is 5. The molecule has 0 aliphatic rings. The Morgan fingerprint density at radius 1 is 0.543 bits per heavy atom. The molecule has 7 heteroatoms. The van der Waals surface area contributed by atoms with E-state index in [2.05, 4.69) is 138 Å². The fourth-order valence-electron chi connectivity index (χ4n) is 5.16. The van der Waals surface area contributed by atoms with Crippen molar-refractivity contribution in [2.24, 2.45) is 0 Å². The van der Waals surface area contributed by atoms with E-state index < -0.39 is 0 Å². The molecule has 4 aromatic heterocycles. The van der Waals surface area contributed by atoms with Crippen molar-refractivity contribution < 1.29 is 21.1 Å². The van der Waals surface area contributed by atoms with Crippen molar-refractivity contribution in [3.8, 4) is 11.6 Å². The Kier molecular flexibility index (Phi) is 9.78. The maximum absolute atomic E-state index is 5.21. The van der Waals surface area contributed by atoms with Crippen LogP contribution < -0.4 is 0 Å². The van der Waals surface area contributed by atoms with Crippen molar-refractivity contribution in [1.29, 1.82) is 0 Å². The van der Waals surface area contributed by atoms with E-state index in [0.29, 0.717) is 0 Å². The van der Waals surface area contributed by atoms with Crippen molar-refractivity contribution in [3.05, 3.63) is 119 Å². The van der Waals surface area contributed by atoms with Crippen molar-refractivity contribution in [1.82, 2.24) is 29.5 Å². The minimum absolute atomic E-state index is 0. The fourth-order valence-corrected chi connectivity index (χ4v) is 5.16. The van der Waals surface area contributed by atoms with Crippen LogP contribution in [-0.4, -0.2) is 29.5 Å². The van der Waals surface area contributed by atoms with Crippen LogP contribution >= 0.6 is 0 Å². The van der Waals surface area contributed by atoms with Crippen molar-refractivity contribution in [2.75, 3.05) is 0 Å². The maximum atomic E-state index is 5.21. The van der Waals surface area contributed by atoms with E-state index in [1.54, 1.807) is 9.36 Å². The third-order valence-electron chi connectivity index (χ3n) is 8.16. The molecule has 0 aliphatic carbocycles. The average Bonchev–Trinajstić information content (AvgIpc) is 3.64. The van der Waals surface area contributed by atoms with Gasteiger partial charge in [0, 0.05) is 11.4 Å². The van der Waals surface area contributed by atoms with Crippen LogP contribution in [0, 0.1) is 12.4 Å². The van der Waals surface area contributed by atoms with Crippen molar-refractivity contribution >= 4 is 0 Å². The zero-order valence-corrected chi connectivity index (χ0v) is 31.7. The van der Waals surface area contributed by atoms with Gasteiger partial charge in [0.2, 0.25) is 0 Å². The standard InChI is InChI=1S/C39H48N6.Pt/c1-36(2,3)27-23-26(24-28(25-27)37(4,5)6)35(29-15-13-17-33(40-29)44-21-19-31(42-44)38(7,8)9)30-16-14-18-34(41-30)45-22-20-32(43-45)39(10,11)12;/h13-20,23-25,35H,1-12H3;/q-2;+2. The molecule has 0 N–H and O–H groups in total. The Bertz CT molecular complexity index is 1670. The molecule has 0 unspecified atom stereocenters. The van der Waals surface area contributed by atoms with Crippen LogP contribution in [0.4, 0.5) is 0 Å². The quantitative estimate of drug-likeness (QED) is 0.167. The number of benzene rings is 1. The first-order valence-electron chi connectivity index (χ1n) is 15.9. The van der Waals surface area contributed by atoms with E-state index in [0.717, 1.165) is 40.0 Å². The van der Waals surface area contributed by atoms with Crippen LogP contribution in [-0.2, 0) is 42.7 Å². The molecular weight excluding hydrogens is 748 g/mol. The molecule has 0 saturated heterocycles. The van der Waals surface area contributed by atoms with Gasteiger partial charge in [0.25, 0.3) is 0 Å². The second-order valence-corrected chi connectivity index (χ2v) is 16.3. The predicted molar refractivity (Wildman–Crippen MR) is 183 cm³/mol. The molecule has 1 aromatic carbocycles. The summed E-state index contributed by atoms with van der Waals surface area (Å²) in [6.45, 7) is 26.6. The van der Waals surface area contributed by atoms with Crippen LogP contribution in [0.2, 0.25) is 0 Å². The predicted octanol–water partition coefficient (Wildman–Crippen LogP) is 8.82. The molecule has 0 amide bonds. The van der Waals surface area contributed by atoms with Crippen LogP contribution in [0.15, 0.2) is 66.7 Å². The van der Waals surface area contributed by atoms with Gasteiger partial charge in [-0.15, -0.1) is 12.1 Å². The second kappa shape index (κ2) is 12.7. The molecular formula is C39H48N6Pt. The maximum Gasteiger partial charge on any atom is 2.00 e. The third-order valence-corrected chi connectivity index (χ3v) is 8.16. The molecule has 0 fully saturated rings. The average molecular weight is 796 g/mol. The van der Waals surface area contributed by atoms with Crippen molar-refractivity contribution in [3.63, 3.8) is 0 Å². The molecule has 0 atom stereocenters. The number of nitrogens with zero attached hydrogens (tertiary/aromatic N) is 6. The summed E-state index contributed by atoms with van der Waals surface area (Å²) in [6.07, 6.45) is 6.58. The Morgan fingerprint density at radius 3 is 1.26 bits per heavy atom. The van der Waals surface area contributed by atoms with Gasteiger partial charge in [-0.25, -0.2) is 0 Å². The van der Waals surface area contributed by atoms with Crippen molar-refractivity contribution in [2.45, 2.75) is 111 Å². The fraction of sp³-hybridized carbons (Fsp3) is 0.436. The molecule has 5 aromatic rings. The smallest absolute Gasteiger partial charge is 0.343 e. The molecule has 0 spiro atoms. The van der Waals surface area contributed by atoms with E-state index in [4.69, 9.17) is 20.2 Å². The van der Waals surface area contributed by atoms with E-state index in [1.165, 1.54) is 11.1 Å². The normalized spacial score (nSPS) is 12.8. The molecule has 0 aliphatic heterocycles. The largest absolute Gasteiger partial charge is 2.00 e. The second-order valence-electron chi connectivity index (χ2n) is 16.3. The summed E-state index contributed by atoms with van der Waals surface area (Å²) in [6, 6.07) is 23.2. The topological polar surface area (TPSA) is 61.4 Å². The summed E-state index contributed by atoms with van der Waals surface area (Å²) >= 11 is 0. The minimum atomic E-state index is -0.233. The summed E-state index contributed by atoms with van der Waals surface area (Å²) in [5.41, 5.74) is 7.21. The van der Waals surface area contributed by atoms with Gasteiger partial charge in [0.05, 0.1) is 17.6 Å². The van der Waals surface area contributed by atoms with Gasteiger partial charge >= 0.3 is 21.1 Å². The summed E-state index contributed by atoms with van der Waals surface area (Å²) in [5.74, 6) is 1.22. The summed E-state index contributed by atoms with van der Waals surface area (Å²) in [4.78, 5) is 10.4. The van der Waals surface area contributed by atoms with Crippen LogP contribution in [0.25, 0.3) is 11.6 Å². The van der Waals surface area contributed by atoms with Gasteiger partial charge in [-0.1, -0.05) is 138 Å². The van der Waals surface area contributed by atoms with Gasteiger partial charge in [-0.3, -0.25) is 20.2 Å². The minimum Gasteiger partial charge on any atom is -0.343 e. The molecule has 4 heterocycles. The number of aromatic nitrogens is 6. The Balaban J connectivity index is 0.00000480. The monoisotopic (exact) mass is 795 g/mol. The molecule has 0 radical (unpaired) electrons. The van der Waals surface area contributed by atoms with Gasteiger partial charge < -0.3 is 9.36 Å². The molecule has 5 rings (SSSR count). The third kappa shape index (κ3) is 7.77. The first kappa shape index (κ1) is 35.5. The van der Waals surface area contributed by atoms with E-state index in [-0.39, 0.29) is 48.6 Å². The van der Waals surface area contributed by atoms with Gasteiger partial charge in [-0.05, 0) is 61.9 Å². The Hall–Kier alpha value is -3.37. The zero-order chi connectivity index (χ0) is 32.9. The van der Waals surface area contributed by atoms with Crippen LogP contribution in [0.3, 0.4) is 0 Å². The summed E-state index contributed by atoms with van der Waals surface area (Å²) < 4.78 is 3.51. The molecule has 0 saturated carbocycles. The number of hydrogen-bond acceptors (Lipinski definition) is 4. The SMILES string of the molecule is CC(C)(C)c1cc(C(c2cccc(-n3[c-]cc(C(C)(C)C)n3)n2)c2cccc(-n3[c-]cc(C(C)(C)C)n3)n2)cc(C(C)(C)C)c1.[Pt+2]. The van der Waals surface area contributed by atoms with Crippen LogP contribution in [0.5, 0.6) is 0 Å². The molecule has 6 nitrogen and oxygen atoms in total. The van der Waals surface area contributed by atoms with Gasteiger partial charge in [0.1, 0.15) is 0 Å². The number of pyridine rings is 2. The molecule has 46 heavy (non-hydrogen) atoms. The van der Waals surface area contributed by atoms with E-state index >= 15 is 0 Å². The number of hydrogen-bond donors (Lipinski definition) is 0. The Labute approximate surface area is 290 Å². The van der Waals surface area contributed by atoms with E-state index in [1.807, 2.05) is 24.3 Å². The summed E-state index contributed by atoms with van der Waals surface area (Å²) in [5, 5.41) is 9.67.